The average Bonchev–Trinajstić information content (AvgIpc) is 2.96. The van der Waals surface area contributed by atoms with Crippen molar-refractivity contribution in [3.63, 3.8) is 0 Å². The zero-order valence-corrected chi connectivity index (χ0v) is 21.0. The smallest absolute Gasteiger partial charge is 0.491 e. The van der Waals surface area contributed by atoms with E-state index < -0.39 is 24.4 Å². The minimum absolute atomic E-state index is 0.0718. The summed E-state index contributed by atoms with van der Waals surface area (Å²) in [7, 11) is -0.531. The van der Waals surface area contributed by atoms with Crippen LogP contribution in [0.3, 0.4) is 0 Å². The Labute approximate surface area is 199 Å². The SMILES string of the molecule is C=C(CCCC)/C(=C/C[C@@H](OC(C)=O)c1cccc(OCCO)c1)B1OC(C)(C)C(C)(C)O1. The van der Waals surface area contributed by atoms with Crippen molar-refractivity contribution in [1.29, 1.82) is 0 Å². The lowest BCUT2D eigenvalue weighted by Gasteiger charge is -2.32. The van der Waals surface area contributed by atoms with Crippen LogP contribution in [0.2, 0.25) is 0 Å². The van der Waals surface area contributed by atoms with Gasteiger partial charge in [0.15, 0.2) is 0 Å². The van der Waals surface area contributed by atoms with E-state index in [0.29, 0.717) is 12.2 Å². The van der Waals surface area contributed by atoms with Crippen molar-refractivity contribution in [3.8, 4) is 5.75 Å². The molecule has 7 heteroatoms. The van der Waals surface area contributed by atoms with Crippen LogP contribution in [0.4, 0.5) is 0 Å². The van der Waals surface area contributed by atoms with Crippen LogP contribution in [0.25, 0.3) is 0 Å². The van der Waals surface area contributed by atoms with Crippen molar-refractivity contribution in [3.05, 3.63) is 53.5 Å². The third kappa shape index (κ3) is 7.46. The first-order valence-electron chi connectivity index (χ1n) is 11.8. The van der Waals surface area contributed by atoms with E-state index >= 15 is 0 Å². The van der Waals surface area contributed by atoms with Crippen LogP contribution in [0.5, 0.6) is 5.75 Å². The van der Waals surface area contributed by atoms with Crippen LogP contribution < -0.4 is 4.74 Å². The molecule has 1 saturated heterocycles. The largest absolute Gasteiger partial charge is 0.494 e. The molecule has 0 aliphatic carbocycles. The standard InChI is InChI=1S/C26H39BO6/c1-8-9-11-19(2)23(27-32-25(4,5)26(6,7)33-27)14-15-24(31-20(3)29)21-12-10-13-22(18-21)30-17-16-28/h10,12-14,18,24,28H,2,8-9,11,15-17H2,1,3-7H3/b23-14-/t24-/m1/s1. The van der Waals surface area contributed by atoms with E-state index in [4.69, 9.17) is 23.9 Å². The van der Waals surface area contributed by atoms with Crippen LogP contribution in [-0.2, 0) is 18.8 Å². The number of allylic oxidation sites excluding steroid dienone is 2. The van der Waals surface area contributed by atoms with Crippen LogP contribution in [-0.4, -0.2) is 42.6 Å². The number of carbonyl (C=O) groups is 1. The molecule has 1 fully saturated rings. The molecule has 0 amide bonds. The number of hydrogen-bond acceptors (Lipinski definition) is 6. The number of aliphatic hydroxyl groups excluding tert-OH is 1. The molecule has 1 aromatic rings. The first-order chi connectivity index (χ1) is 15.5. The molecule has 0 unspecified atom stereocenters. The fraction of sp³-hybridized carbons (Fsp3) is 0.577. The highest BCUT2D eigenvalue weighted by Gasteiger charge is 2.52. The van der Waals surface area contributed by atoms with Gasteiger partial charge in [0, 0.05) is 13.3 Å². The number of aliphatic hydroxyl groups is 1. The molecule has 1 atom stereocenters. The molecule has 0 aromatic heterocycles. The predicted molar refractivity (Wildman–Crippen MR) is 131 cm³/mol. The summed E-state index contributed by atoms with van der Waals surface area (Å²) < 4.78 is 23.8. The van der Waals surface area contributed by atoms with E-state index in [-0.39, 0.29) is 19.2 Å². The van der Waals surface area contributed by atoms with Gasteiger partial charge in [-0.3, -0.25) is 4.79 Å². The van der Waals surface area contributed by atoms with Crippen molar-refractivity contribution in [2.24, 2.45) is 0 Å². The Hall–Kier alpha value is -2.09. The summed E-state index contributed by atoms with van der Waals surface area (Å²) >= 11 is 0. The maximum absolute atomic E-state index is 11.9. The van der Waals surface area contributed by atoms with Gasteiger partial charge in [0.1, 0.15) is 18.5 Å². The van der Waals surface area contributed by atoms with Gasteiger partial charge in [-0.1, -0.05) is 43.7 Å². The Morgan fingerprint density at radius 2 is 1.91 bits per heavy atom. The number of benzene rings is 1. The van der Waals surface area contributed by atoms with Crippen LogP contribution >= 0.6 is 0 Å². The third-order valence-electron chi connectivity index (χ3n) is 6.20. The maximum atomic E-state index is 11.9. The lowest BCUT2D eigenvalue weighted by molar-refractivity contribution is -0.146. The number of rotatable bonds is 12. The lowest BCUT2D eigenvalue weighted by atomic mass is 9.72. The van der Waals surface area contributed by atoms with E-state index in [0.717, 1.165) is 35.9 Å². The van der Waals surface area contributed by atoms with E-state index in [9.17, 15) is 4.79 Å². The summed E-state index contributed by atoms with van der Waals surface area (Å²) in [5.74, 6) is 0.248. The number of hydrogen-bond donors (Lipinski definition) is 1. The number of carbonyl (C=O) groups excluding carboxylic acids is 1. The molecule has 6 nitrogen and oxygen atoms in total. The quantitative estimate of drug-likeness (QED) is 0.258. The van der Waals surface area contributed by atoms with E-state index in [1.54, 1.807) is 0 Å². The fourth-order valence-electron chi connectivity index (χ4n) is 3.57. The summed E-state index contributed by atoms with van der Waals surface area (Å²) in [6.45, 7) is 16.1. The number of esters is 1. The first-order valence-corrected chi connectivity index (χ1v) is 11.8. The summed E-state index contributed by atoms with van der Waals surface area (Å²) in [4.78, 5) is 11.9. The van der Waals surface area contributed by atoms with Crippen LogP contribution in [0, 0.1) is 0 Å². The second-order valence-electron chi connectivity index (χ2n) is 9.43. The second kappa shape index (κ2) is 11.9. The van der Waals surface area contributed by atoms with Crippen LogP contribution in [0.1, 0.15) is 78.9 Å². The molecule has 0 bridgehead atoms. The van der Waals surface area contributed by atoms with Crippen molar-refractivity contribution < 1.29 is 28.7 Å². The average molecular weight is 458 g/mol. The van der Waals surface area contributed by atoms with Gasteiger partial charge in [-0.2, -0.15) is 0 Å². The molecule has 2 rings (SSSR count). The van der Waals surface area contributed by atoms with Gasteiger partial charge < -0.3 is 23.9 Å². The Morgan fingerprint density at radius 3 is 2.48 bits per heavy atom. The second-order valence-corrected chi connectivity index (χ2v) is 9.43. The minimum Gasteiger partial charge on any atom is -0.491 e. The maximum Gasteiger partial charge on any atom is 0.494 e. The van der Waals surface area contributed by atoms with Crippen molar-refractivity contribution >= 4 is 13.1 Å². The van der Waals surface area contributed by atoms with Crippen molar-refractivity contribution in [1.82, 2.24) is 0 Å². The van der Waals surface area contributed by atoms with Crippen molar-refractivity contribution in [2.45, 2.75) is 84.5 Å². The highest BCUT2D eigenvalue weighted by Crippen LogP contribution is 2.40. The summed E-state index contributed by atoms with van der Waals surface area (Å²) in [5, 5.41) is 9.03. The predicted octanol–water partition coefficient (Wildman–Crippen LogP) is 5.36. The highest BCUT2D eigenvalue weighted by molar-refractivity contribution is 6.56. The zero-order chi connectivity index (χ0) is 24.6. The van der Waals surface area contributed by atoms with E-state index in [2.05, 4.69) is 13.5 Å². The van der Waals surface area contributed by atoms with Gasteiger partial charge in [0.05, 0.1) is 17.8 Å². The normalized spacial score (nSPS) is 18.2. The van der Waals surface area contributed by atoms with Gasteiger partial charge in [-0.15, -0.1) is 0 Å². The molecule has 0 saturated carbocycles. The highest BCUT2D eigenvalue weighted by atomic mass is 16.7. The molecular weight excluding hydrogens is 419 g/mol. The molecule has 1 heterocycles. The summed E-state index contributed by atoms with van der Waals surface area (Å²) in [6, 6.07) is 7.38. The lowest BCUT2D eigenvalue weighted by Crippen LogP contribution is -2.41. The molecule has 1 aliphatic rings. The molecule has 0 spiro atoms. The monoisotopic (exact) mass is 458 g/mol. The number of unbranched alkanes of at least 4 members (excludes halogenated alkanes) is 1. The minimum atomic E-state index is -0.531. The Balaban J connectivity index is 2.33. The summed E-state index contributed by atoms with van der Waals surface area (Å²) in [5.41, 5.74) is 1.75. The molecule has 1 aliphatic heterocycles. The number of ether oxygens (including phenoxy) is 2. The molecule has 1 aromatic carbocycles. The van der Waals surface area contributed by atoms with Crippen molar-refractivity contribution in [2.75, 3.05) is 13.2 Å². The zero-order valence-electron chi connectivity index (χ0n) is 21.0. The van der Waals surface area contributed by atoms with Gasteiger partial charge in [0.25, 0.3) is 0 Å². The molecule has 0 radical (unpaired) electrons. The van der Waals surface area contributed by atoms with Gasteiger partial charge >= 0.3 is 13.1 Å². The Bertz CT molecular complexity index is 829. The Morgan fingerprint density at radius 1 is 1.24 bits per heavy atom. The first kappa shape index (κ1) is 27.2. The topological polar surface area (TPSA) is 74.2 Å². The van der Waals surface area contributed by atoms with Gasteiger partial charge in [0.2, 0.25) is 0 Å². The van der Waals surface area contributed by atoms with Crippen LogP contribution in [0.15, 0.2) is 48.0 Å². The Kier molecular flexibility index (Phi) is 9.76. The van der Waals surface area contributed by atoms with E-state index in [1.807, 2.05) is 58.0 Å². The third-order valence-corrected chi connectivity index (χ3v) is 6.20. The summed E-state index contributed by atoms with van der Waals surface area (Å²) in [6.07, 6.45) is 4.88. The van der Waals surface area contributed by atoms with Gasteiger partial charge in [-0.25, -0.2) is 0 Å². The van der Waals surface area contributed by atoms with Gasteiger partial charge in [-0.05, 0) is 63.7 Å². The molecule has 182 valence electrons. The molecule has 33 heavy (non-hydrogen) atoms. The van der Waals surface area contributed by atoms with E-state index in [1.165, 1.54) is 6.92 Å². The molecule has 1 N–H and O–H groups in total. The molecular formula is C26H39BO6. The fourth-order valence-corrected chi connectivity index (χ4v) is 3.57.